The van der Waals surface area contributed by atoms with Gasteiger partial charge in [-0.25, -0.2) is 4.21 Å². The van der Waals surface area contributed by atoms with Gasteiger partial charge >= 0.3 is 5.24 Å². The summed E-state index contributed by atoms with van der Waals surface area (Å²) in [7, 11) is -1.21. The average molecular weight is 147 g/mol. The summed E-state index contributed by atoms with van der Waals surface area (Å²) in [6, 6.07) is 0. The van der Waals surface area contributed by atoms with Gasteiger partial charge in [-0.05, 0) is 6.92 Å². The number of hydrogen-bond donors (Lipinski definition) is 0. The molecule has 4 heteroatoms. The molecule has 0 N–H and O–H groups in total. The van der Waals surface area contributed by atoms with Crippen molar-refractivity contribution in [2.75, 3.05) is 18.8 Å². The Balaban J connectivity index is 2.62. The van der Waals surface area contributed by atoms with Crippen LogP contribution in [0.15, 0.2) is 0 Å². The Kier molecular flexibility index (Phi) is 1.85. The maximum Gasteiger partial charge on any atom is 0.311 e. The molecule has 0 bridgehead atoms. The first-order valence-electron chi connectivity index (χ1n) is 2.93. The van der Waals surface area contributed by atoms with Gasteiger partial charge in [0.1, 0.15) is 10.8 Å². The van der Waals surface area contributed by atoms with Crippen LogP contribution in [0.2, 0.25) is 0 Å². The first-order valence-corrected chi connectivity index (χ1v) is 4.25. The molecule has 0 saturated carbocycles. The van der Waals surface area contributed by atoms with Gasteiger partial charge in [-0.2, -0.15) is 0 Å². The summed E-state index contributed by atoms with van der Waals surface area (Å²) in [5.41, 5.74) is 0. The zero-order chi connectivity index (χ0) is 6.85. The predicted octanol–water partition coefficient (Wildman–Crippen LogP) is 0.191. The topological polar surface area (TPSA) is 37.4 Å². The molecule has 3 nitrogen and oxygen atoms in total. The minimum atomic E-state index is -1.21. The summed E-state index contributed by atoms with van der Waals surface area (Å²) in [6.07, 6.45) is 0. The number of amides is 1. The maximum atomic E-state index is 10.8. The summed E-state index contributed by atoms with van der Waals surface area (Å²) in [4.78, 5) is 12.4. The van der Waals surface area contributed by atoms with Crippen molar-refractivity contribution in [3.8, 4) is 0 Å². The van der Waals surface area contributed by atoms with Crippen molar-refractivity contribution in [1.82, 2.24) is 4.90 Å². The lowest BCUT2D eigenvalue weighted by Gasteiger charge is -2.08. The first-order chi connectivity index (χ1) is 4.25. The molecule has 52 valence electrons. The molecule has 0 aliphatic carbocycles. The zero-order valence-electron chi connectivity index (χ0n) is 5.29. The fourth-order valence-corrected chi connectivity index (χ4v) is 1.87. The van der Waals surface area contributed by atoms with Crippen LogP contribution in [-0.4, -0.2) is 33.2 Å². The van der Waals surface area contributed by atoms with Crippen LogP contribution < -0.4 is 0 Å². The van der Waals surface area contributed by atoms with Crippen molar-refractivity contribution >= 4 is 16.0 Å². The van der Waals surface area contributed by atoms with Crippen molar-refractivity contribution in [1.29, 1.82) is 0 Å². The van der Waals surface area contributed by atoms with Crippen LogP contribution >= 0.6 is 0 Å². The Morgan fingerprint density at radius 3 is 2.67 bits per heavy atom. The lowest BCUT2D eigenvalue weighted by Crippen LogP contribution is -2.23. The van der Waals surface area contributed by atoms with Gasteiger partial charge in [-0.1, -0.05) is 0 Å². The molecule has 1 fully saturated rings. The molecule has 9 heavy (non-hydrogen) atoms. The van der Waals surface area contributed by atoms with Crippen molar-refractivity contribution in [2.24, 2.45) is 0 Å². The molecule has 0 spiro atoms. The van der Waals surface area contributed by atoms with Gasteiger partial charge in [-0.3, -0.25) is 4.79 Å². The van der Waals surface area contributed by atoms with Gasteiger partial charge in [0.2, 0.25) is 0 Å². The molecule has 1 heterocycles. The van der Waals surface area contributed by atoms with E-state index >= 15 is 0 Å². The molecule has 0 aromatic rings. The van der Waals surface area contributed by atoms with Gasteiger partial charge < -0.3 is 4.90 Å². The number of carbonyl (C=O) groups excluding carboxylic acids is 1. The van der Waals surface area contributed by atoms with E-state index in [9.17, 15) is 9.00 Å². The standard InChI is InChI=1S/C5H9NO2S/c1-2-6-3-4-9(8)5(6)7/h2-4H2,1H3. The van der Waals surface area contributed by atoms with E-state index in [4.69, 9.17) is 0 Å². The molecular weight excluding hydrogens is 138 g/mol. The number of hydrogen-bond acceptors (Lipinski definition) is 2. The highest BCUT2D eigenvalue weighted by atomic mass is 32.2. The quantitative estimate of drug-likeness (QED) is 0.531. The fourth-order valence-electron chi connectivity index (χ4n) is 0.803. The number of carbonyl (C=O) groups is 1. The minimum absolute atomic E-state index is 0.197. The molecule has 1 atom stereocenters. The molecule has 1 rings (SSSR count). The van der Waals surface area contributed by atoms with E-state index in [0.29, 0.717) is 18.8 Å². The zero-order valence-corrected chi connectivity index (χ0v) is 6.11. The summed E-state index contributed by atoms with van der Waals surface area (Å²) in [6.45, 7) is 3.24. The van der Waals surface area contributed by atoms with Crippen LogP contribution in [0.3, 0.4) is 0 Å². The van der Waals surface area contributed by atoms with Gasteiger partial charge in [0.05, 0.1) is 5.75 Å². The van der Waals surface area contributed by atoms with E-state index in [2.05, 4.69) is 0 Å². The third kappa shape index (κ3) is 1.13. The molecule has 0 radical (unpaired) electrons. The summed E-state index contributed by atoms with van der Waals surface area (Å²) in [5, 5.41) is -0.197. The highest BCUT2D eigenvalue weighted by Crippen LogP contribution is 2.05. The smallest absolute Gasteiger partial charge is 0.311 e. The molecule has 1 saturated heterocycles. The second-order valence-corrected chi connectivity index (χ2v) is 3.34. The van der Waals surface area contributed by atoms with Crippen LogP contribution in [0.5, 0.6) is 0 Å². The van der Waals surface area contributed by atoms with Crippen molar-refractivity contribution < 1.29 is 9.00 Å². The third-order valence-electron chi connectivity index (χ3n) is 1.38. The van der Waals surface area contributed by atoms with Crippen LogP contribution in [-0.2, 0) is 10.8 Å². The van der Waals surface area contributed by atoms with E-state index in [-0.39, 0.29) is 5.24 Å². The number of nitrogens with zero attached hydrogens (tertiary/aromatic N) is 1. The SMILES string of the molecule is CCN1CCS(=O)C1=O. The van der Waals surface area contributed by atoms with E-state index in [1.54, 1.807) is 4.90 Å². The van der Waals surface area contributed by atoms with E-state index in [0.717, 1.165) is 0 Å². The van der Waals surface area contributed by atoms with E-state index in [1.807, 2.05) is 6.92 Å². The molecule has 1 amide bonds. The predicted molar refractivity (Wildman–Crippen MR) is 35.7 cm³/mol. The van der Waals surface area contributed by atoms with Crippen LogP contribution in [0.25, 0.3) is 0 Å². The Morgan fingerprint density at radius 2 is 2.44 bits per heavy atom. The van der Waals surface area contributed by atoms with Crippen molar-refractivity contribution in [3.63, 3.8) is 0 Å². The summed E-state index contributed by atoms with van der Waals surface area (Å²) >= 11 is 0. The molecular formula is C5H9NO2S. The normalized spacial score (nSPS) is 27.4. The Hall–Kier alpha value is -0.380. The summed E-state index contributed by atoms with van der Waals surface area (Å²) < 4.78 is 10.7. The summed E-state index contributed by atoms with van der Waals surface area (Å²) in [5.74, 6) is 0.521. The van der Waals surface area contributed by atoms with Crippen LogP contribution in [0.1, 0.15) is 6.92 Å². The van der Waals surface area contributed by atoms with Gasteiger partial charge in [0.25, 0.3) is 0 Å². The second kappa shape index (κ2) is 2.47. The van der Waals surface area contributed by atoms with E-state index < -0.39 is 10.8 Å². The maximum absolute atomic E-state index is 10.8. The largest absolute Gasteiger partial charge is 0.331 e. The molecule has 1 aliphatic heterocycles. The minimum Gasteiger partial charge on any atom is -0.331 e. The third-order valence-corrected chi connectivity index (χ3v) is 2.58. The van der Waals surface area contributed by atoms with Gasteiger partial charge in [0, 0.05) is 13.1 Å². The van der Waals surface area contributed by atoms with Gasteiger partial charge in [-0.15, -0.1) is 0 Å². The molecule has 1 aliphatic rings. The lowest BCUT2D eigenvalue weighted by atomic mass is 10.6. The number of rotatable bonds is 1. The van der Waals surface area contributed by atoms with Crippen molar-refractivity contribution in [3.05, 3.63) is 0 Å². The van der Waals surface area contributed by atoms with Crippen LogP contribution in [0, 0.1) is 0 Å². The molecule has 0 aromatic carbocycles. The Bertz CT molecular complexity index is 157. The highest BCUT2D eigenvalue weighted by Gasteiger charge is 2.25. The van der Waals surface area contributed by atoms with Crippen LogP contribution in [0.4, 0.5) is 4.79 Å². The highest BCUT2D eigenvalue weighted by molar-refractivity contribution is 8.00. The van der Waals surface area contributed by atoms with E-state index in [1.165, 1.54) is 0 Å². The average Bonchev–Trinajstić information content (AvgIpc) is 2.15. The fraction of sp³-hybridized carbons (Fsp3) is 0.800. The second-order valence-electron chi connectivity index (χ2n) is 1.90. The Morgan fingerprint density at radius 1 is 1.78 bits per heavy atom. The van der Waals surface area contributed by atoms with Gasteiger partial charge in [0.15, 0.2) is 0 Å². The lowest BCUT2D eigenvalue weighted by molar-refractivity contribution is 0.231. The molecule has 1 unspecified atom stereocenters. The first kappa shape index (κ1) is 6.74. The van der Waals surface area contributed by atoms with Crippen molar-refractivity contribution in [2.45, 2.75) is 6.92 Å². The monoisotopic (exact) mass is 147 g/mol. The Labute approximate surface area is 56.5 Å². The molecule has 0 aromatic heterocycles.